The molecule has 0 aliphatic carbocycles. The summed E-state index contributed by atoms with van der Waals surface area (Å²) in [5.41, 5.74) is 3.94. The zero-order valence-electron chi connectivity index (χ0n) is 13.1. The molecule has 0 aliphatic heterocycles. The Hall–Kier alpha value is -0.480. The van der Waals surface area contributed by atoms with E-state index < -0.39 is 0 Å². The van der Waals surface area contributed by atoms with Crippen molar-refractivity contribution in [1.82, 2.24) is 15.1 Å². The minimum absolute atomic E-state index is 0.448. The standard InChI is InChI=1S/C15H29N3S/c1-6-14(16-7-2)15-12(4)17-18(13(15)5)10-9-11-19-8-3/h14,16H,6-11H2,1-5H3. The van der Waals surface area contributed by atoms with Gasteiger partial charge in [-0.3, -0.25) is 4.68 Å². The molecule has 1 aromatic rings. The van der Waals surface area contributed by atoms with Crippen LogP contribution in [0, 0.1) is 13.8 Å². The van der Waals surface area contributed by atoms with Crippen molar-refractivity contribution in [2.24, 2.45) is 0 Å². The van der Waals surface area contributed by atoms with Crippen LogP contribution in [-0.4, -0.2) is 27.8 Å². The van der Waals surface area contributed by atoms with Gasteiger partial charge in [-0.05, 0) is 44.7 Å². The first-order valence-electron chi connectivity index (χ1n) is 7.50. The van der Waals surface area contributed by atoms with Gasteiger partial charge in [0.05, 0.1) is 5.69 Å². The lowest BCUT2D eigenvalue weighted by atomic mass is 10.0. The number of thioether (sulfide) groups is 1. The van der Waals surface area contributed by atoms with Crippen LogP contribution in [-0.2, 0) is 6.54 Å². The second kappa shape index (κ2) is 8.64. The van der Waals surface area contributed by atoms with Crippen molar-refractivity contribution in [1.29, 1.82) is 0 Å². The Morgan fingerprint density at radius 2 is 2.00 bits per heavy atom. The second-order valence-electron chi connectivity index (χ2n) is 4.88. The van der Waals surface area contributed by atoms with Crippen LogP contribution in [0.1, 0.15) is 56.6 Å². The Balaban J connectivity index is 2.75. The van der Waals surface area contributed by atoms with Crippen LogP contribution in [0.4, 0.5) is 0 Å². The van der Waals surface area contributed by atoms with E-state index in [9.17, 15) is 0 Å². The zero-order chi connectivity index (χ0) is 14.3. The van der Waals surface area contributed by atoms with Gasteiger partial charge in [0, 0.05) is 23.8 Å². The molecule has 0 saturated heterocycles. The Kier molecular flexibility index (Phi) is 7.54. The van der Waals surface area contributed by atoms with Gasteiger partial charge in [0.15, 0.2) is 0 Å². The predicted octanol–water partition coefficient (Wildman–Crippen LogP) is 3.70. The van der Waals surface area contributed by atoms with E-state index in [1.54, 1.807) is 0 Å². The summed E-state index contributed by atoms with van der Waals surface area (Å²) in [7, 11) is 0. The molecule has 1 aromatic heterocycles. The van der Waals surface area contributed by atoms with E-state index in [-0.39, 0.29) is 0 Å². The summed E-state index contributed by atoms with van der Waals surface area (Å²) in [6.45, 7) is 13.0. The van der Waals surface area contributed by atoms with Crippen LogP contribution >= 0.6 is 11.8 Å². The average Bonchev–Trinajstić information content (AvgIpc) is 2.67. The monoisotopic (exact) mass is 283 g/mol. The Labute approximate surface area is 122 Å². The molecule has 4 heteroatoms. The first kappa shape index (κ1) is 16.6. The number of hydrogen-bond acceptors (Lipinski definition) is 3. The molecule has 110 valence electrons. The van der Waals surface area contributed by atoms with Gasteiger partial charge in [-0.25, -0.2) is 0 Å². The first-order chi connectivity index (χ1) is 9.15. The molecule has 0 aliphatic rings. The van der Waals surface area contributed by atoms with E-state index in [0.717, 1.165) is 19.5 Å². The van der Waals surface area contributed by atoms with Crippen LogP contribution in [0.3, 0.4) is 0 Å². The summed E-state index contributed by atoms with van der Waals surface area (Å²) in [5.74, 6) is 2.44. The van der Waals surface area contributed by atoms with E-state index in [4.69, 9.17) is 5.10 Å². The van der Waals surface area contributed by atoms with Gasteiger partial charge in [-0.2, -0.15) is 16.9 Å². The second-order valence-corrected chi connectivity index (χ2v) is 6.27. The minimum Gasteiger partial charge on any atom is -0.310 e. The van der Waals surface area contributed by atoms with E-state index >= 15 is 0 Å². The van der Waals surface area contributed by atoms with Crippen LogP contribution in [0.15, 0.2) is 0 Å². The third-order valence-corrected chi connectivity index (χ3v) is 4.49. The molecule has 0 radical (unpaired) electrons. The molecule has 1 unspecified atom stereocenters. The van der Waals surface area contributed by atoms with Gasteiger partial charge in [-0.1, -0.05) is 20.8 Å². The van der Waals surface area contributed by atoms with Gasteiger partial charge < -0.3 is 5.32 Å². The van der Waals surface area contributed by atoms with Crippen molar-refractivity contribution in [3.8, 4) is 0 Å². The fourth-order valence-electron chi connectivity index (χ4n) is 2.59. The van der Waals surface area contributed by atoms with E-state index in [1.165, 1.54) is 34.9 Å². The van der Waals surface area contributed by atoms with Crippen molar-refractivity contribution < 1.29 is 0 Å². The van der Waals surface area contributed by atoms with Crippen molar-refractivity contribution in [2.45, 2.75) is 60.0 Å². The van der Waals surface area contributed by atoms with Gasteiger partial charge in [0.25, 0.3) is 0 Å². The summed E-state index contributed by atoms with van der Waals surface area (Å²) in [5, 5.41) is 8.29. The predicted molar refractivity (Wildman–Crippen MR) is 86.0 cm³/mol. The zero-order valence-corrected chi connectivity index (χ0v) is 13.9. The molecule has 0 amide bonds. The van der Waals surface area contributed by atoms with Crippen molar-refractivity contribution in [3.05, 3.63) is 17.0 Å². The number of aryl methyl sites for hydroxylation is 2. The smallest absolute Gasteiger partial charge is 0.0644 e. The van der Waals surface area contributed by atoms with Crippen LogP contribution in [0.25, 0.3) is 0 Å². The molecule has 0 fully saturated rings. The fourth-order valence-corrected chi connectivity index (χ4v) is 3.21. The van der Waals surface area contributed by atoms with Gasteiger partial charge in [0.2, 0.25) is 0 Å². The first-order valence-corrected chi connectivity index (χ1v) is 8.66. The number of rotatable bonds is 9. The molecule has 0 spiro atoms. The summed E-state index contributed by atoms with van der Waals surface area (Å²) >= 11 is 2.01. The topological polar surface area (TPSA) is 29.9 Å². The minimum atomic E-state index is 0.448. The summed E-state index contributed by atoms with van der Waals surface area (Å²) in [6.07, 6.45) is 2.32. The molecule has 3 nitrogen and oxygen atoms in total. The van der Waals surface area contributed by atoms with Gasteiger partial charge in [-0.15, -0.1) is 0 Å². The molecule has 0 aromatic carbocycles. The molecule has 1 N–H and O–H groups in total. The highest BCUT2D eigenvalue weighted by Crippen LogP contribution is 2.24. The molecular formula is C15H29N3S. The molecule has 0 saturated carbocycles. The number of hydrogen-bond donors (Lipinski definition) is 1. The molecule has 0 bridgehead atoms. The van der Waals surface area contributed by atoms with Crippen molar-refractivity contribution in [3.63, 3.8) is 0 Å². The van der Waals surface area contributed by atoms with E-state index in [2.05, 4.69) is 44.6 Å². The van der Waals surface area contributed by atoms with Crippen molar-refractivity contribution in [2.75, 3.05) is 18.1 Å². The molecule has 1 rings (SSSR count). The van der Waals surface area contributed by atoms with Crippen LogP contribution < -0.4 is 5.32 Å². The molecule has 19 heavy (non-hydrogen) atoms. The normalized spacial score (nSPS) is 12.9. The molecule has 1 heterocycles. The maximum atomic E-state index is 4.73. The maximum Gasteiger partial charge on any atom is 0.0644 e. The maximum absolute atomic E-state index is 4.73. The highest BCUT2D eigenvalue weighted by atomic mass is 32.2. The SMILES string of the molecule is CCNC(CC)c1c(C)nn(CCCSCC)c1C. The lowest BCUT2D eigenvalue weighted by molar-refractivity contribution is 0.529. The third kappa shape index (κ3) is 4.53. The third-order valence-electron chi connectivity index (χ3n) is 3.51. The van der Waals surface area contributed by atoms with Gasteiger partial charge in [0.1, 0.15) is 0 Å². The lowest BCUT2D eigenvalue weighted by Gasteiger charge is -2.16. The number of aromatic nitrogens is 2. The lowest BCUT2D eigenvalue weighted by Crippen LogP contribution is -2.21. The van der Waals surface area contributed by atoms with E-state index in [0.29, 0.717) is 6.04 Å². The molecule has 1 atom stereocenters. The van der Waals surface area contributed by atoms with Crippen LogP contribution in [0.5, 0.6) is 0 Å². The fraction of sp³-hybridized carbons (Fsp3) is 0.800. The largest absolute Gasteiger partial charge is 0.310 e. The van der Waals surface area contributed by atoms with Crippen LogP contribution in [0.2, 0.25) is 0 Å². The average molecular weight is 283 g/mol. The van der Waals surface area contributed by atoms with Gasteiger partial charge >= 0.3 is 0 Å². The van der Waals surface area contributed by atoms with Crippen molar-refractivity contribution >= 4 is 11.8 Å². The summed E-state index contributed by atoms with van der Waals surface area (Å²) in [6, 6.07) is 0.448. The Morgan fingerprint density at radius 3 is 2.58 bits per heavy atom. The summed E-state index contributed by atoms with van der Waals surface area (Å²) in [4.78, 5) is 0. The highest BCUT2D eigenvalue weighted by Gasteiger charge is 2.18. The Bertz CT molecular complexity index is 374. The number of nitrogens with zero attached hydrogens (tertiary/aromatic N) is 2. The number of nitrogens with one attached hydrogen (secondary N) is 1. The molecular weight excluding hydrogens is 254 g/mol. The quantitative estimate of drug-likeness (QED) is 0.701. The van der Waals surface area contributed by atoms with E-state index in [1.807, 2.05) is 11.8 Å². The highest BCUT2D eigenvalue weighted by molar-refractivity contribution is 7.99. The Morgan fingerprint density at radius 1 is 1.26 bits per heavy atom. The summed E-state index contributed by atoms with van der Waals surface area (Å²) < 4.78 is 2.20.